The van der Waals surface area contributed by atoms with Crippen LogP contribution in [0.3, 0.4) is 0 Å². The number of rotatable bonds is 5. The standard InChI is InChI=1S/C20H17N5OS/c1-14-4-6-15(7-5-14)17-8-10-27-18(17)20(26)23-11-16-3-2-9-22-19(16)25-13-21-12-24-25/h2-10,12-13H,11H2,1H3,(H,23,26). The Labute approximate surface area is 160 Å². The molecule has 7 heteroatoms. The molecule has 0 bridgehead atoms. The van der Waals surface area contributed by atoms with Crippen LogP contribution in [0.4, 0.5) is 0 Å². The van der Waals surface area contributed by atoms with Gasteiger partial charge in [-0.3, -0.25) is 4.79 Å². The minimum atomic E-state index is -0.103. The molecule has 1 N–H and O–H groups in total. The van der Waals surface area contributed by atoms with Crippen LogP contribution < -0.4 is 5.32 Å². The van der Waals surface area contributed by atoms with Gasteiger partial charge in [-0.15, -0.1) is 11.3 Å². The molecule has 6 nitrogen and oxygen atoms in total. The predicted molar refractivity (Wildman–Crippen MR) is 105 cm³/mol. The van der Waals surface area contributed by atoms with Crippen LogP contribution in [0.2, 0.25) is 0 Å². The number of carbonyl (C=O) groups is 1. The Bertz CT molecular complexity index is 1050. The third-order valence-electron chi connectivity index (χ3n) is 4.18. The first-order chi connectivity index (χ1) is 13.2. The summed E-state index contributed by atoms with van der Waals surface area (Å²) in [4.78, 5) is 21.8. The number of pyridine rings is 1. The summed E-state index contributed by atoms with van der Waals surface area (Å²) in [6.07, 6.45) is 4.73. The lowest BCUT2D eigenvalue weighted by Gasteiger charge is -2.10. The number of nitrogens with one attached hydrogen (secondary N) is 1. The maximum atomic E-state index is 12.8. The number of aryl methyl sites for hydroxylation is 1. The van der Waals surface area contributed by atoms with Gasteiger partial charge in [0.05, 0.1) is 4.88 Å². The highest BCUT2D eigenvalue weighted by atomic mass is 32.1. The molecule has 3 aromatic heterocycles. The fourth-order valence-electron chi connectivity index (χ4n) is 2.79. The molecule has 0 aliphatic heterocycles. The molecule has 0 unspecified atom stereocenters. The number of benzene rings is 1. The van der Waals surface area contributed by atoms with Gasteiger partial charge >= 0.3 is 0 Å². The SMILES string of the molecule is Cc1ccc(-c2ccsc2C(=O)NCc2cccnc2-n2cncn2)cc1. The van der Waals surface area contributed by atoms with Crippen molar-refractivity contribution in [1.29, 1.82) is 0 Å². The first-order valence-corrected chi connectivity index (χ1v) is 9.32. The van der Waals surface area contributed by atoms with Crippen molar-refractivity contribution in [3.8, 4) is 16.9 Å². The Hall–Kier alpha value is -3.32. The summed E-state index contributed by atoms with van der Waals surface area (Å²) in [7, 11) is 0. The van der Waals surface area contributed by atoms with Gasteiger partial charge in [-0.2, -0.15) is 5.10 Å². The van der Waals surface area contributed by atoms with Crippen LogP contribution in [-0.2, 0) is 6.54 Å². The second kappa shape index (κ2) is 7.51. The molecule has 4 aromatic rings. The topological polar surface area (TPSA) is 72.7 Å². The fraction of sp³-hybridized carbons (Fsp3) is 0.100. The summed E-state index contributed by atoms with van der Waals surface area (Å²) >= 11 is 1.44. The maximum absolute atomic E-state index is 12.8. The molecule has 0 fully saturated rings. The van der Waals surface area contributed by atoms with Gasteiger partial charge in [0, 0.05) is 23.9 Å². The van der Waals surface area contributed by atoms with E-state index in [1.54, 1.807) is 17.2 Å². The fourth-order valence-corrected chi connectivity index (χ4v) is 3.63. The van der Waals surface area contributed by atoms with E-state index in [4.69, 9.17) is 0 Å². The molecule has 1 aromatic carbocycles. The van der Waals surface area contributed by atoms with Gasteiger partial charge in [0.1, 0.15) is 12.7 Å². The smallest absolute Gasteiger partial charge is 0.262 e. The minimum Gasteiger partial charge on any atom is -0.347 e. The molecule has 1 amide bonds. The molecule has 0 radical (unpaired) electrons. The van der Waals surface area contributed by atoms with E-state index < -0.39 is 0 Å². The van der Waals surface area contributed by atoms with Crippen molar-refractivity contribution in [3.63, 3.8) is 0 Å². The molecule has 0 atom stereocenters. The molecule has 4 rings (SSSR count). The summed E-state index contributed by atoms with van der Waals surface area (Å²) in [5.74, 6) is 0.550. The maximum Gasteiger partial charge on any atom is 0.262 e. The zero-order valence-corrected chi connectivity index (χ0v) is 15.5. The lowest BCUT2D eigenvalue weighted by molar-refractivity contribution is 0.0955. The van der Waals surface area contributed by atoms with Gasteiger partial charge in [0.25, 0.3) is 5.91 Å². The van der Waals surface area contributed by atoms with Crippen LogP contribution in [0.15, 0.2) is 66.7 Å². The van der Waals surface area contributed by atoms with Crippen molar-refractivity contribution in [3.05, 3.63) is 82.7 Å². The summed E-state index contributed by atoms with van der Waals surface area (Å²) in [6, 6.07) is 13.9. The van der Waals surface area contributed by atoms with Gasteiger partial charge in [-0.25, -0.2) is 14.6 Å². The van der Waals surface area contributed by atoms with E-state index in [2.05, 4.69) is 32.5 Å². The first-order valence-electron chi connectivity index (χ1n) is 8.44. The number of nitrogens with zero attached hydrogens (tertiary/aromatic N) is 4. The Kier molecular flexibility index (Phi) is 4.76. The Morgan fingerprint density at radius 2 is 2.04 bits per heavy atom. The van der Waals surface area contributed by atoms with Gasteiger partial charge < -0.3 is 5.32 Å². The normalized spacial score (nSPS) is 10.7. The average Bonchev–Trinajstić information content (AvgIpc) is 3.39. The molecule has 0 aliphatic carbocycles. The molecule has 0 spiro atoms. The Balaban J connectivity index is 1.54. The second-order valence-electron chi connectivity index (χ2n) is 6.04. The quantitative estimate of drug-likeness (QED) is 0.578. The van der Waals surface area contributed by atoms with Crippen LogP contribution in [0, 0.1) is 6.92 Å². The Morgan fingerprint density at radius 3 is 2.81 bits per heavy atom. The highest BCUT2D eigenvalue weighted by Crippen LogP contribution is 2.28. The lowest BCUT2D eigenvalue weighted by atomic mass is 10.0. The van der Waals surface area contributed by atoms with E-state index in [9.17, 15) is 4.79 Å². The van der Waals surface area contributed by atoms with E-state index in [1.165, 1.54) is 23.2 Å². The second-order valence-corrected chi connectivity index (χ2v) is 6.95. The van der Waals surface area contributed by atoms with E-state index in [1.807, 2.05) is 42.6 Å². The van der Waals surface area contributed by atoms with Gasteiger partial charge in [0.2, 0.25) is 0 Å². The van der Waals surface area contributed by atoms with E-state index in [0.29, 0.717) is 17.2 Å². The molecule has 0 aliphatic rings. The van der Waals surface area contributed by atoms with E-state index in [-0.39, 0.29) is 5.91 Å². The van der Waals surface area contributed by atoms with Crippen molar-refractivity contribution in [2.45, 2.75) is 13.5 Å². The monoisotopic (exact) mass is 375 g/mol. The van der Waals surface area contributed by atoms with Crippen LogP contribution in [0.1, 0.15) is 20.8 Å². The summed E-state index contributed by atoms with van der Waals surface area (Å²) in [6.45, 7) is 2.40. The molecule has 0 saturated heterocycles. The Morgan fingerprint density at radius 1 is 1.19 bits per heavy atom. The lowest BCUT2D eigenvalue weighted by Crippen LogP contribution is -2.23. The van der Waals surface area contributed by atoms with Crippen molar-refractivity contribution < 1.29 is 4.79 Å². The van der Waals surface area contributed by atoms with Crippen LogP contribution >= 0.6 is 11.3 Å². The van der Waals surface area contributed by atoms with Crippen LogP contribution in [-0.4, -0.2) is 25.7 Å². The molecule has 134 valence electrons. The molecule has 3 heterocycles. The van der Waals surface area contributed by atoms with E-state index >= 15 is 0 Å². The molecular weight excluding hydrogens is 358 g/mol. The average molecular weight is 375 g/mol. The van der Waals surface area contributed by atoms with Crippen molar-refractivity contribution in [1.82, 2.24) is 25.1 Å². The molecule has 27 heavy (non-hydrogen) atoms. The van der Waals surface area contributed by atoms with Gasteiger partial charge in [-0.05, 0) is 30.0 Å². The third kappa shape index (κ3) is 3.63. The minimum absolute atomic E-state index is 0.103. The van der Waals surface area contributed by atoms with Crippen LogP contribution in [0.5, 0.6) is 0 Å². The number of amides is 1. The third-order valence-corrected chi connectivity index (χ3v) is 5.09. The number of hydrogen-bond donors (Lipinski definition) is 1. The first kappa shape index (κ1) is 17.1. The summed E-state index contributed by atoms with van der Waals surface area (Å²) < 4.78 is 1.59. The van der Waals surface area contributed by atoms with Crippen molar-refractivity contribution in [2.24, 2.45) is 0 Å². The highest BCUT2D eigenvalue weighted by molar-refractivity contribution is 7.12. The number of thiophene rings is 1. The van der Waals surface area contributed by atoms with Crippen LogP contribution in [0.25, 0.3) is 16.9 Å². The van der Waals surface area contributed by atoms with E-state index in [0.717, 1.165) is 16.7 Å². The summed E-state index contributed by atoms with van der Waals surface area (Å²) in [5.41, 5.74) is 4.04. The van der Waals surface area contributed by atoms with Crippen molar-refractivity contribution >= 4 is 17.2 Å². The highest BCUT2D eigenvalue weighted by Gasteiger charge is 2.15. The summed E-state index contributed by atoms with van der Waals surface area (Å²) in [5, 5.41) is 9.05. The predicted octanol–water partition coefficient (Wildman–Crippen LogP) is 3.63. The largest absolute Gasteiger partial charge is 0.347 e. The number of aromatic nitrogens is 4. The molecule has 0 saturated carbocycles. The number of carbonyl (C=O) groups excluding carboxylic acids is 1. The molecular formula is C20H17N5OS. The van der Waals surface area contributed by atoms with Gasteiger partial charge in [0.15, 0.2) is 5.82 Å². The zero-order chi connectivity index (χ0) is 18.6. The van der Waals surface area contributed by atoms with Gasteiger partial charge in [-0.1, -0.05) is 35.9 Å². The zero-order valence-electron chi connectivity index (χ0n) is 14.7. The number of hydrogen-bond acceptors (Lipinski definition) is 5. The van der Waals surface area contributed by atoms with Crippen molar-refractivity contribution in [2.75, 3.05) is 0 Å².